The first-order valence-electron chi connectivity index (χ1n) is 7.27. The molecule has 0 unspecified atom stereocenters. The number of rotatable bonds is 8. The molecule has 3 rings (SSSR count). The van der Waals surface area contributed by atoms with Crippen molar-refractivity contribution in [3.63, 3.8) is 0 Å². The molecule has 2 aromatic rings. The molecule has 5 nitrogen and oxygen atoms in total. The van der Waals surface area contributed by atoms with Crippen molar-refractivity contribution in [1.82, 2.24) is 10.3 Å². The SMILES string of the molecule is COCCc1ccc(Oc2nc(CNC3CC3)co2)cc1. The zero-order valence-electron chi connectivity index (χ0n) is 12.2. The van der Waals surface area contributed by atoms with Gasteiger partial charge in [0.25, 0.3) is 0 Å². The third kappa shape index (κ3) is 4.31. The standard InChI is InChI=1S/C16H20N2O3/c1-19-9-8-12-2-6-15(7-3-12)21-16-18-14(11-20-16)10-17-13-4-5-13/h2-3,6-7,11,13,17H,4-5,8-10H2,1H3. The molecule has 0 saturated heterocycles. The quantitative estimate of drug-likeness (QED) is 0.809. The van der Waals surface area contributed by atoms with Crippen LogP contribution in [0.1, 0.15) is 24.1 Å². The van der Waals surface area contributed by atoms with Crippen LogP contribution in [0.2, 0.25) is 0 Å². The van der Waals surface area contributed by atoms with Crippen molar-refractivity contribution < 1.29 is 13.9 Å². The van der Waals surface area contributed by atoms with Crippen molar-refractivity contribution in [1.29, 1.82) is 0 Å². The summed E-state index contributed by atoms with van der Waals surface area (Å²) in [5.41, 5.74) is 2.08. The first-order valence-corrected chi connectivity index (χ1v) is 7.27. The highest BCUT2D eigenvalue weighted by atomic mass is 16.6. The number of methoxy groups -OCH3 is 1. The van der Waals surface area contributed by atoms with Gasteiger partial charge in [-0.1, -0.05) is 12.1 Å². The smallest absolute Gasteiger partial charge is 0.399 e. The maximum atomic E-state index is 5.60. The van der Waals surface area contributed by atoms with E-state index in [0.29, 0.717) is 6.04 Å². The summed E-state index contributed by atoms with van der Waals surface area (Å²) in [5, 5.41) is 3.39. The Morgan fingerprint density at radius 3 is 2.81 bits per heavy atom. The second-order valence-corrected chi connectivity index (χ2v) is 5.25. The Morgan fingerprint density at radius 1 is 1.29 bits per heavy atom. The summed E-state index contributed by atoms with van der Waals surface area (Å²) in [6, 6.07) is 8.53. The van der Waals surface area contributed by atoms with Crippen molar-refractivity contribution in [3.05, 3.63) is 41.8 Å². The first-order chi connectivity index (χ1) is 10.3. The molecule has 0 aliphatic heterocycles. The van der Waals surface area contributed by atoms with Gasteiger partial charge in [0, 0.05) is 19.7 Å². The van der Waals surface area contributed by atoms with E-state index < -0.39 is 0 Å². The summed E-state index contributed by atoms with van der Waals surface area (Å²) >= 11 is 0. The van der Waals surface area contributed by atoms with E-state index in [-0.39, 0.29) is 6.08 Å². The number of aromatic nitrogens is 1. The molecule has 0 atom stereocenters. The third-order valence-electron chi connectivity index (χ3n) is 3.40. The topological polar surface area (TPSA) is 56.5 Å². The van der Waals surface area contributed by atoms with E-state index in [4.69, 9.17) is 13.9 Å². The second kappa shape index (κ2) is 6.74. The number of hydrogen-bond acceptors (Lipinski definition) is 5. The zero-order chi connectivity index (χ0) is 14.5. The number of nitrogens with zero attached hydrogens (tertiary/aromatic N) is 1. The van der Waals surface area contributed by atoms with Gasteiger partial charge in [-0.3, -0.25) is 0 Å². The fourth-order valence-corrected chi connectivity index (χ4v) is 2.00. The Labute approximate surface area is 124 Å². The molecule has 5 heteroatoms. The van der Waals surface area contributed by atoms with Crippen LogP contribution in [0.25, 0.3) is 0 Å². The van der Waals surface area contributed by atoms with Crippen LogP contribution in [-0.4, -0.2) is 24.7 Å². The maximum absolute atomic E-state index is 5.60. The molecule has 1 aliphatic rings. The van der Waals surface area contributed by atoms with Gasteiger partial charge >= 0.3 is 6.08 Å². The largest absolute Gasteiger partial charge is 0.417 e. The number of oxazole rings is 1. The molecule has 1 heterocycles. The fraction of sp³-hybridized carbons (Fsp3) is 0.438. The Balaban J connectivity index is 1.52. The Morgan fingerprint density at radius 2 is 2.10 bits per heavy atom. The lowest BCUT2D eigenvalue weighted by Gasteiger charge is -2.03. The van der Waals surface area contributed by atoms with Gasteiger partial charge in [-0.2, -0.15) is 4.98 Å². The van der Waals surface area contributed by atoms with Crippen LogP contribution in [0.5, 0.6) is 11.8 Å². The van der Waals surface area contributed by atoms with E-state index in [1.807, 2.05) is 24.3 Å². The van der Waals surface area contributed by atoms with Crippen molar-refractivity contribution in [2.24, 2.45) is 0 Å². The molecule has 1 aromatic heterocycles. The highest BCUT2D eigenvalue weighted by Gasteiger charge is 2.20. The van der Waals surface area contributed by atoms with Crippen LogP contribution in [0.3, 0.4) is 0 Å². The van der Waals surface area contributed by atoms with Gasteiger partial charge in [-0.05, 0) is 37.0 Å². The number of nitrogens with one attached hydrogen (secondary N) is 1. The van der Waals surface area contributed by atoms with Gasteiger partial charge in [-0.25, -0.2) is 0 Å². The number of ether oxygens (including phenoxy) is 2. The molecule has 1 aromatic carbocycles. The molecule has 1 aliphatic carbocycles. The predicted molar refractivity (Wildman–Crippen MR) is 78.5 cm³/mol. The molecule has 1 saturated carbocycles. The van der Waals surface area contributed by atoms with Gasteiger partial charge in [0.2, 0.25) is 0 Å². The molecular weight excluding hydrogens is 268 g/mol. The number of benzene rings is 1. The van der Waals surface area contributed by atoms with Crippen LogP contribution in [0.4, 0.5) is 0 Å². The first kappa shape index (κ1) is 14.1. The maximum Gasteiger partial charge on any atom is 0.399 e. The summed E-state index contributed by atoms with van der Waals surface area (Å²) in [6.45, 7) is 1.45. The monoisotopic (exact) mass is 288 g/mol. The van der Waals surface area contributed by atoms with Gasteiger partial charge in [0.05, 0.1) is 12.3 Å². The summed E-state index contributed by atoms with van der Waals surface area (Å²) < 4.78 is 16.0. The minimum absolute atomic E-state index is 0.284. The van der Waals surface area contributed by atoms with Gasteiger partial charge in [-0.15, -0.1) is 0 Å². The molecule has 0 radical (unpaired) electrons. The summed E-state index contributed by atoms with van der Waals surface area (Å²) in [6.07, 6.45) is 5.34. The Bertz CT molecular complexity index is 561. The molecule has 21 heavy (non-hydrogen) atoms. The van der Waals surface area contributed by atoms with Gasteiger partial charge in [0.1, 0.15) is 12.0 Å². The lowest BCUT2D eigenvalue weighted by molar-refractivity contribution is 0.202. The van der Waals surface area contributed by atoms with Crippen LogP contribution >= 0.6 is 0 Å². The van der Waals surface area contributed by atoms with E-state index in [9.17, 15) is 0 Å². The van der Waals surface area contributed by atoms with Crippen molar-refractivity contribution >= 4 is 0 Å². The normalized spacial score (nSPS) is 14.3. The van der Waals surface area contributed by atoms with Crippen LogP contribution in [-0.2, 0) is 17.7 Å². The van der Waals surface area contributed by atoms with E-state index in [2.05, 4.69) is 10.3 Å². The van der Waals surface area contributed by atoms with E-state index >= 15 is 0 Å². The lowest BCUT2D eigenvalue weighted by atomic mass is 10.1. The Kier molecular flexibility index (Phi) is 4.52. The molecular formula is C16H20N2O3. The minimum Gasteiger partial charge on any atom is -0.417 e. The van der Waals surface area contributed by atoms with E-state index in [0.717, 1.165) is 31.0 Å². The van der Waals surface area contributed by atoms with Crippen molar-refractivity contribution in [2.45, 2.75) is 31.8 Å². The summed E-state index contributed by atoms with van der Waals surface area (Å²) in [5.74, 6) is 0.722. The fourth-order valence-electron chi connectivity index (χ4n) is 2.00. The molecule has 0 amide bonds. The molecule has 0 bridgehead atoms. The zero-order valence-corrected chi connectivity index (χ0v) is 12.2. The van der Waals surface area contributed by atoms with Crippen LogP contribution in [0.15, 0.2) is 34.9 Å². The Hall–Kier alpha value is -1.85. The molecule has 1 fully saturated rings. The highest BCUT2D eigenvalue weighted by molar-refractivity contribution is 5.29. The van der Waals surface area contributed by atoms with Crippen LogP contribution < -0.4 is 10.1 Å². The second-order valence-electron chi connectivity index (χ2n) is 5.25. The van der Waals surface area contributed by atoms with Gasteiger partial charge < -0.3 is 19.2 Å². The molecule has 112 valence electrons. The number of hydrogen-bond donors (Lipinski definition) is 1. The molecule has 0 spiro atoms. The average Bonchev–Trinajstić information content (AvgIpc) is 3.24. The summed E-state index contributed by atoms with van der Waals surface area (Å²) in [7, 11) is 1.70. The third-order valence-corrected chi connectivity index (χ3v) is 3.40. The highest BCUT2D eigenvalue weighted by Crippen LogP contribution is 2.22. The lowest BCUT2D eigenvalue weighted by Crippen LogP contribution is -2.15. The average molecular weight is 288 g/mol. The van der Waals surface area contributed by atoms with Crippen molar-refractivity contribution in [2.75, 3.05) is 13.7 Å². The van der Waals surface area contributed by atoms with Crippen LogP contribution in [0, 0.1) is 0 Å². The minimum atomic E-state index is 0.284. The van der Waals surface area contributed by atoms with Gasteiger partial charge in [0.15, 0.2) is 0 Å². The summed E-state index contributed by atoms with van der Waals surface area (Å²) in [4.78, 5) is 4.31. The van der Waals surface area contributed by atoms with E-state index in [1.54, 1.807) is 13.4 Å². The predicted octanol–water partition coefficient (Wildman–Crippen LogP) is 2.91. The molecule has 1 N–H and O–H groups in total. The van der Waals surface area contributed by atoms with Crippen molar-refractivity contribution in [3.8, 4) is 11.8 Å². The van der Waals surface area contributed by atoms with E-state index in [1.165, 1.54) is 18.4 Å².